The summed E-state index contributed by atoms with van der Waals surface area (Å²) < 4.78 is 0. The molecular formula is C14H29N3O4. The number of nitrogens with two attached hydrogens (primary N) is 2. The van der Waals surface area contributed by atoms with Gasteiger partial charge in [0.05, 0.1) is 5.84 Å². The van der Waals surface area contributed by atoms with Gasteiger partial charge in [0.15, 0.2) is 0 Å². The first kappa shape index (κ1) is 24.1. The fourth-order valence-electron chi connectivity index (χ4n) is 0.820. The number of carboxylic acids is 2. The number of aliphatic carboxylic acids is 2. The SMILES string of the molecule is CC(=O)O.CC(=O)O.CC(N)=NCC/C=C\CC(C)(C)N. The first-order valence-electron chi connectivity index (χ1n) is 6.48. The fraction of sp³-hybridized carbons (Fsp3) is 0.643. The normalized spacial score (nSPS) is 11.0. The van der Waals surface area contributed by atoms with Gasteiger partial charge in [-0.05, 0) is 33.6 Å². The largest absolute Gasteiger partial charge is 0.481 e. The van der Waals surface area contributed by atoms with Crippen molar-refractivity contribution >= 4 is 17.8 Å². The van der Waals surface area contributed by atoms with Crippen LogP contribution in [0.1, 0.15) is 47.5 Å². The second-order valence-electron chi connectivity index (χ2n) is 5.01. The minimum Gasteiger partial charge on any atom is -0.481 e. The Hall–Kier alpha value is -1.89. The number of hydrogen-bond donors (Lipinski definition) is 4. The molecule has 0 aromatic rings. The lowest BCUT2D eigenvalue weighted by Crippen LogP contribution is -2.30. The third-order valence-electron chi connectivity index (χ3n) is 1.47. The molecule has 124 valence electrons. The number of aliphatic imine (C=N–C) groups is 1. The van der Waals surface area contributed by atoms with Crippen LogP contribution < -0.4 is 11.5 Å². The van der Waals surface area contributed by atoms with Gasteiger partial charge < -0.3 is 21.7 Å². The monoisotopic (exact) mass is 303 g/mol. The van der Waals surface area contributed by atoms with Crippen LogP contribution in [0.3, 0.4) is 0 Å². The summed E-state index contributed by atoms with van der Waals surface area (Å²) in [6, 6.07) is 0. The number of nitrogens with zero attached hydrogens (tertiary/aromatic N) is 1. The summed E-state index contributed by atoms with van der Waals surface area (Å²) in [6.45, 7) is 8.76. The van der Waals surface area contributed by atoms with Gasteiger partial charge in [-0.3, -0.25) is 14.6 Å². The van der Waals surface area contributed by atoms with E-state index < -0.39 is 11.9 Å². The van der Waals surface area contributed by atoms with Crippen molar-refractivity contribution < 1.29 is 19.8 Å². The van der Waals surface area contributed by atoms with Gasteiger partial charge in [0, 0.05) is 25.9 Å². The zero-order valence-corrected chi connectivity index (χ0v) is 13.6. The summed E-state index contributed by atoms with van der Waals surface area (Å²) in [4.78, 5) is 22.1. The van der Waals surface area contributed by atoms with E-state index in [2.05, 4.69) is 17.1 Å². The van der Waals surface area contributed by atoms with Crippen molar-refractivity contribution in [3.8, 4) is 0 Å². The Morgan fingerprint density at radius 3 is 1.76 bits per heavy atom. The summed E-state index contributed by atoms with van der Waals surface area (Å²) in [6.07, 6.45) is 6.03. The lowest BCUT2D eigenvalue weighted by Gasteiger charge is -2.14. The average Bonchev–Trinajstić information content (AvgIpc) is 2.19. The first-order valence-corrected chi connectivity index (χ1v) is 6.48. The van der Waals surface area contributed by atoms with Crippen molar-refractivity contribution in [2.24, 2.45) is 16.5 Å². The zero-order chi connectivity index (χ0) is 17.5. The highest BCUT2D eigenvalue weighted by Gasteiger charge is 2.05. The van der Waals surface area contributed by atoms with Crippen LogP contribution in [0.5, 0.6) is 0 Å². The molecule has 0 aromatic heterocycles. The van der Waals surface area contributed by atoms with Crippen molar-refractivity contribution in [3.63, 3.8) is 0 Å². The maximum absolute atomic E-state index is 9.00. The Balaban J connectivity index is -0.000000334. The van der Waals surface area contributed by atoms with Gasteiger partial charge in [0.1, 0.15) is 0 Å². The standard InChI is InChI=1S/C10H21N3.2C2H4O2/c1-9(11)13-8-6-4-5-7-10(2,3)12;2*1-2(3)4/h4-5H,6-8,12H2,1-3H3,(H2,11,13);2*1H3,(H,3,4)/b5-4-;;. The topological polar surface area (TPSA) is 139 Å². The summed E-state index contributed by atoms with van der Waals surface area (Å²) in [5.74, 6) is -1.02. The minimum absolute atomic E-state index is 0.108. The predicted octanol–water partition coefficient (Wildman–Crippen LogP) is 1.62. The Morgan fingerprint density at radius 1 is 1.10 bits per heavy atom. The number of amidine groups is 1. The van der Waals surface area contributed by atoms with Crippen LogP contribution in [0.4, 0.5) is 0 Å². The van der Waals surface area contributed by atoms with Gasteiger partial charge in [-0.1, -0.05) is 12.2 Å². The number of hydrogen-bond acceptors (Lipinski definition) is 4. The molecule has 0 atom stereocenters. The Bertz CT molecular complexity index is 321. The first-order chi connectivity index (χ1) is 9.38. The van der Waals surface area contributed by atoms with E-state index in [9.17, 15) is 0 Å². The zero-order valence-electron chi connectivity index (χ0n) is 13.6. The highest BCUT2D eigenvalue weighted by atomic mass is 16.4. The van der Waals surface area contributed by atoms with Crippen LogP contribution in [0.15, 0.2) is 17.1 Å². The van der Waals surface area contributed by atoms with E-state index in [0.29, 0.717) is 5.84 Å². The molecule has 0 aliphatic rings. The molecular weight excluding hydrogens is 274 g/mol. The molecule has 6 N–H and O–H groups in total. The third kappa shape index (κ3) is 71.5. The molecule has 7 nitrogen and oxygen atoms in total. The maximum Gasteiger partial charge on any atom is 0.300 e. The highest BCUT2D eigenvalue weighted by Crippen LogP contribution is 2.04. The Morgan fingerprint density at radius 2 is 1.48 bits per heavy atom. The molecule has 0 unspecified atom stereocenters. The van der Waals surface area contributed by atoms with E-state index in [4.69, 9.17) is 31.3 Å². The maximum atomic E-state index is 9.00. The molecule has 0 radical (unpaired) electrons. The quantitative estimate of drug-likeness (QED) is 0.263. The van der Waals surface area contributed by atoms with Crippen LogP contribution >= 0.6 is 0 Å². The van der Waals surface area contributed by atoms with Gasteiger partial charge in [-0.25, -0.2) is 0 Å². The summed E-state index contributed by atoms with van der Waals surface area (Å²) in [5.41, 5.74) is 11.1. The number of carbonyl (C=O) groups is 2. The van der Waals surface area contributed by atoms with E-state index in [-0.39, 0.29) is 5.54 Å². The van der Waals surface area contributed by atoms with Crippen molar-refractivity contribution in [1.82, 2.24) is 0 Å². The molecule has 0 aliphatic carbocycles. The molecule has 0 spiro atoms. The van der Waals surface area contributed by atoms with E-state index in [1.807, 2.05) is 13.8 Å². The van der Waals surface area contributed by atoms with Crippen molar-refractivity contribution in [3.05, 3.63) is 12.2 Å². The van der Waals surface area contributed by atoms with Gasteiger partial charge in [0.25, 0.3) is 11.9 Å². The summed E-state index contributed by atoms with van der Waals surface area (Å²) in [7, 11) is 0. The van der Waals surface area contributed by atoms with Gasteiger partial charge in [0.2, 0.25) is 0 Å². The van der Waals surface area contributed by atoms with E-state index in [1.54, 1.807) is 6.92 Å². The van der Waals surface area contributed by atoms with Crippen LogP contribution in [0.2, 0.25) is 0 Å². The summed E-state index contributed by atoms with van der Waals surface area (Å²) in [5, 5.41) is 14.8. The van der Waals surface area contributed by atoms with Crippen molar-refractivity contribution in [1.29, 1.82) is 0 Å². The van der Waals surface area contributed by atoms with E-state index in [0.717, 1.165) is 33.2 Å². The van der Waals surface area contributed by atoms with Crippen LogP contribution in [0, 0.1) is 0 Å². The Kier molecular flexibility index (Phi) is 16.7. The molecule has 0 aromatic carbocycles. The van der Waals surface area contributed by atoms with Gasteiger partial charge in [-0.15, -0.1) is 0 Å². The van der Waals surface area contributed by atoms with E-state index >= 15 is 0 Å². The lowest BCUT2D eigenvalue weighted by molar-refractivity contribution is -0.135. The molecule has 0 bridgehead atoms. The summed E-state index contributed by atoms with van der Waals surface area (Å²) >= 11 is 0. The van der Waals surface area contributed by atoms with Crippen molar-refractivity contribution in [2.45, 2.75) is 53.0 Å². The van der Waals surface area contributed by atoms with Gasteiger partial charge in [-0.2, -0.15) is 0 Å². The molecule has 0 fully saturated rings. The smallest absolute Gasteiger partial charge is 0.300 e. The molecule has 0 aliphatic heterocycles. The van der Waals surface area contributed by atoms with Crippen LogP contribution in [-0.2, 0) is 9.59 Å². The van der Waals surface area contributed by atoms with Crippen molar-refractivity contribution in [2.75, 3.05) is 6.54 Å². The second kappa shape index (κ2) is 14.5. The third-order valence-corrected chi connectivity index (χ3v) is 1.47. The van der Waals surface area contributed by atoms with Gasteiger partial charge >= 0.3 is 0 Å². The predicted molar refractivity (Wildman–Crippen MR) is 85.4 cm³/mol. The highest BCUT2D eigenvalue weighted by molar-refractivity contribution is 5.77. The molecule has 7 heteroatoms. The molecule has 0 saturated carbocycles. The van der Waals surface area contributed by atoms with E-state index in [1.165, 1.54) is 0 Å². The fourth-order valence-corrected chi connectivity index (χ4v) is 0.820. The second-order valence-corrected chi connectivity index (χ2v) is 5.01. The van der Waals surface area contributed by atoms with Crippen LogP contribution in [-0.4, -0.2) is 40.1 Å². The number of rotatable bonds is 5. The molecule has 0 amide bonds. The molecule has 0 rings (SSSR count). The lowest BCUT2D eigenvalue weighted by atomic mass is 10.0. The Labute approximate surface area is 126 Å². The minimum atomic E-state index is -0.833. The molecule has 21 heavy (non-hydrogen) atoms. The van der Waals surface area contributed by atoms with Crippen LogP contribution in [0.25, 0.3) is 0 Å². The molecule has 0 saturated heterocycles. The average molecular weight is 303 g/mol. The number of carboxylic acid groups (broad SMARTS) is 2. The molecule has 0 heterocycles.